The van der Waals surface area contributed by atoms with E-state index in [1.807, 2.05) is 47.1 Å². The van der Waals surface area contributed by atoms with Gasteiger partial charge in [0.2, 0.25) is 11.8 Å². The molecule has 0 saturated carbocycles. The first-order valence-electron chi connectivity index (χ1n) is 9.51. The van der Waals surface area contributed by atoms with Crippen molar-refractivity contribution in [3.8, 4) is 0 Å². The Morgan fingerprint density at radius 3 is 2.32 bits per heavy atom. The Morgan fingerprint density at radius 1 is 1.04 bits per heavy atom. The minimum atomic E-state index is -0.135. The van der Waals surface area contributed by atoms with Gasteiger partial charge in [0.15, 0.2) is 0 Å². The fourth-order valence-electron chi connectivity index (χ4n) is 4.17. The van der Waals surface area contributed by atoms with Gasteiger partial charge in [-0.05, 0) is 25.5 Å². The molecule has 25 heavy (non-hydrogen) atoms. The maximum atomic E-state index is 13.3. The molecule has 2 fully saturated rings. The first-order valence-corrected chi connectivity index (χ1v) is 9.51. The summed E-state index contributed by atoms with van der Waals surface area (Å²) in [6.45, 7) is 9.33. The van der Waals surface area contributed by atoms with Crippen LogP contribution in [0.3, 0.4) is 0 Å². The van der Waals surface area contributed by atoms with Crippen molar-refractivity contribution < 1.29 is 9.59 Å². The van der Waals surface area contributed by atoms with Crippen molar-refractivity contribution in [2.75, 3.05) is 39.3 Å². The third kappa shape index (κ3) is 3.71. The van der Waals surface area contributed by atoms with E-state index in [0.29, 0.717) is 19.4 Å². The largest absolute Gasteiger partial charge is 0.340 e. The maximum absolute atomic E-state index is 13.3. The van der Waals surface area contributed by atoms with Crippen molar-refractivity contribution >= 4 is 11.8 Å². The van der Waals surface area contributed by atoms with Crippen LogP contribution in [0, 0.1) is 5.92 Å². The molecule has 0 radical (unpaired) electrons. The Hall–Kier alpha value is -1.88. The standard InChI is InChI=1S/C20H29N3O2/c1-3-21-12-14-22(15-13-21)20(25)17-10-11-18(24)23(4-2)19(17)16-8-6-5-7-9-16/h5-9,17,19H,3-4,10-15H2,1-2H3/t17-,19+/m1/s1. The average Bonchev–Trinajstić information content (AvgIpc) is 2.68. The van der Waals surface area contributed by atoms with Crippen LogP contribution < -0.4 is 0 Å². The van der Waals surface area contributed by atoms with E-state index in [4.69, 9.17) is 0 Å². The molecule has 0 aromatic heterocycles. The highest BCUT2D eigenvalue weighted by Gasteiger charge is 2.41. The number of carbonyl (C=O) groups is 2. The molecular formula is C20H29N3O2. The molecule has 3 rings (SSSR count). The van der Waals surface area contributed by atoms with Gasteiger partial charge in [0.05, 0.1) is 12.0 Å². The Bertz CT molecular complexity index is 596. The minimum Gasteiger partial charge on any atom is -0.340 e. The van der Waals surface area contributed by atoms with Crippen molar-refractivity contribution in [3.63, 3.8) is 0 Å². The Kier molecular flexibility index (Phi) is 5.74. The molecule has 2 aliphatic rings. The quantitative estimate of drug-likeness (QED) is 0.841. The average molecular weight is 343 g/mol. The van der Waals surface area contributed by atoms with Gasteiger partial charge >= 0.3 is 0 Å². The molecule has 0 aliphatic carbocycles. The third-order valence-electron chi connectivity index (χ3n) is 5.64. The summed E-state index contributed by atoms with van der Waals surface area (Å²) in [7, 11) is 0. The Balaban J connectivity index is 1.82. The SMILES string of the molecule is CCN1CCN(C(=O)[C@@H]2CCC(=O)N(CC)[C@H]2c2ccccc2)CC1. The number of hydrogen-bond donors (Lipinski definition) is 0. The van der Waals surface area contributed by atoms with Crippen LogP contribution in [0.2, 0.25) is 0 Å². The molecule has 5 heteroatoms. The van der Waals surface area contributed by atoms with Gasteiger partial charge in [0.1, 0.15) is 0 Å². The molecule has 2 heterocycles. The van der Waals surface area contributed by atoms with Gasteiger partial charge in [-0.2, -0.15) is 0 Å². The Morgan fingerprint density at radius 2 is 1.72 bits per heavy atom. The van der Waals surface area contributed by atoms with Crippen LogP contribution in [-0.2, 0) is 9.59 Å². The second-order valence-corrected chi connectivity index (χ2v) is 6.94. The number of hydrogen-bond acceptors (Lipinski definition) is 3. The van der Waals surface area contributed by atoms with E-state index in [1.54, 1.807) is 0 Å². The van der Waals surface area contributed by atoms with Crippen LogP contribution in [0.1, 0.15) is 38.3 Å². The molecule has 1 aromatic rings. The number of piperazine rings is 1. The summed E-state index contributed by atoms with van der Waals surface area (Å²) in [5.74, 6) is 0.250. The molecule has 5 nitrogen and oxygen atoms in total. The van der Waals surface area contributed by atoms with Gasteiger partial charge in [-0.15, -0.1) is 0 Å². The molecule has 0 bridgehead atoms. The van der Waals surface area contributed by atoms with E-state index in [9.17, 15) is 9.59 Å². The highest BCUT2D eigenvalue weighted by Crippen LogP contribution is 2.37. The number of amides is 2. The van der Waals surface area contributed by atoms with Gasteiger partial charge in [-0.3, -0.25) is 9.59 Å². The normalized spacial score (nSPS) is 25.3. The predicted octanol–water partition coefficient (Wildman–Crippen LogP) is 2.15. The molecule has 0 unspecified atom stereocenters. The van der Waals surface area contributed by atoms with Crippen LogP contribution >= 0.6 is 0 Å². The van der Waals surface area contributed by atoms with Crippen molar-refractivity contribution in [2.24, 2.45) is 5.92 Å². The summed E-state index contributed by atoms with van der Waals surface area (Å²) < 4.78 is 0. The van der Waals surface area contributed by atoms with Crippen LogP contribution in [0.15, 0.2) is 30.3 Å². The molecular weight excluding hydrogens is 314 g/mol. The van der Waals surface area contributed by atoms with Gasteiger partial charge in [-0.25, -0.2) is 0 Å². The first-order chi connectivity index (χ1) is 12.2. The lowest BCUT2D eigenvalue weighted by atomic mass is 9.83. The third-order valence-corrected chi connectivity index (χ3v) is 5.64. The van der Waals surface area contributed by atoms with E-state index >= 15 is 0 Å². The van der Waals surface area contributed by atoms with Crippen LogP contribution in [0.5, 0.6) is 0 Å². The summed E-state index contributed by atoms with van der Waals surface area (Å²) in [5, 5.41) is 0. The number of likely N-dealkylation sites (N-methyl/N-ethyl adjacent to an activating group) is 1. The molecule has 2 saturated heterocycles. The molecule has 0 spiro atoms. The molecule has 2 aliphatic heterocycles. The molecule has 2 amide bonds. The zero-order valence-electron chi connectivity index (χ0n) is 15.4. The van der Waals surface area contributed by atoms with E-state index in [-0.39, 0.29) is 23.8 Å². The van der Waals surface area contributed by atoms with Crippen LogP contribution in [-0.4, -0.2) is 65.8 Å². The van der Waals surface area contributed by atoms with E-state index in [1.165, 1.54) is 0 Å². The fourth-order valence-corrected chi connectivity index (χ4v) is 4.17. The van der Waals surface area contributed by atoms with Crippen molar-refractivity contribution in [2.45, 2.75) is 32.7 Å². The number of likely N-dealkylation sites (tertiary alicyclic amines) is 1. The van der Waals surface area contributed by atoms with Gasteiger partial charge < -0.3 is 14.7 Å². The summed E-state index contributed by atoms with van der Waals surface area (Å²) >= 11 is 0. The number of rotatable bonds is 4. The van der Waals surface area contributed by atoms with Crippen molar-refractivity contribution in [3.05, 3.63) is 35.9 Å². The summed E-state index contributed by atoms with van der Waals surface area (Å²) in [6, 6.07) is 9.91. The summed E-state index contributed by atoms with van der Waals surface area (Å²) in [5.41, 5.74) is 1.07. The zero-order valence-corrected chi connectivity index (χ0v) is 15.4. The molecule has 0 N–H and O–H groups in total. The highest BCUT2D eigenvalue weighted by molar-refractivity contribution is 5.85. The van der Waals surface area contributed by atoms with E-state index in [2.05, 4.69) is 11.8 Å². The fraction of sp³-hybridized carbons (Fsp3) is 0.600. The number of piperidine rings is 1. The lowest BCUT2D eigenvalue weighted by Crippen LogP contribution is -2.53. The zero-order chi connectivity index (χ0) is 17.8. The topological polar surface area (TPSA) is 43.9 Å². The minimum absolute atomic E-state index is 0.131. The lowest BCUT2D eigenvalue weighted by molar-refractivity contribution is -0.148. The smallest absolute Gasteiger partial charge is 0.228 e. The first kappa shape index (κ1) is 17.9. The molecule has 2 atom stereocenters. The van der Waals surface area contributed by atoms with E-state index in [0.717, 1.165) is 38.3 Å². The van der Waals surface area contributed by atoms with Gasteiger partial charge in [-0.1, -0.05) is 37.3 Å². The van der Waals surface area contributed by atoms with Crippen LogP contribution in [0.4, 0.5) is 0 Å². The second kappa shape index (κ2) is 8.00. The van der Waals surface area contributed by atoms with Crippen molar-refractivity contribution in [1.29, 1.82) is 0 Å². The number of nitrogens with zero attached hydrogens (tertiary/aromatic N) is 3. The van der Waals surface area contributed by atoms with Crippen molar-refractivity contribution in [1.82, 2.24) is 14.7 Å². The lowest BCUT2D eigenvalue weighted by Gasteiger charge is -2.43. The summed E-state index contributed by atoms with van der Waals surface area (Å²) in [6.07, 6.45) is 1.13. The second-order valence-electron chi connectivity index (χ2n) is 6.94. The number of benzene rings is 1. The summed E-state index contributed by atoms with van der Waals surface area (Å²) in [4.78, 5) is 32.0. The molecule has 136 valence electrons. The highest BCUT2D eigenvalue weighted by atomic mass is 16.2. The Labute approximate surface area is 150 Å². The maximum Gasteiger partial charge on any atom is 0.228 e. The molecule has 1 aromatic carbocycles. The predicted molar refractivity (Wildman–Crippen MR) is 98.0 cm³/mol. The number of carbonyl (C=O) groups excluding carboxylic acids is 2. The monoisotopic (exact) mass is 343 g/mol. The van der Waals surface area contributed by atoms with Gasteiger partial charge in [0.25, 0.3) is 0 Å². The van der Waals surface area contributed by atoms with Gasteiger partial charge in [0, 0.05) is 39.1 Å². The van der Waals surface area contributed by atoms with E-state index < -0.39 is 0 Å². The van der Waals surface area contributed by atoms with Crippen LogP contribution in [0.25, 0.3) is 0 Å².